The van der Waals surface area contributed by atoms with Crippen molar-refractivity contribution in [2.75, 3.05) is 38.7 Å². The summed E-state index contributed by atoms with van der Waals surface area (Å²) in [5, 5.41) is 11.5. The molecule has 0 aliphatic rings. The summed E-state index contributed by atoms with van der Waals surface area (Å²) in [6.45, 7) is 1.98. The summed E-state index contributed by atoms with van der Waals surface area (Å²) in [6.07, 6.45) is 0.397. The van der Waals surface area contributed by atoms with Crippen LogP contribution in [-0.2, 0) is 9.53 Å². The van der Waals surface area contributed by atoms with Crippen LogP contribution in [0.15, 0.2) is 28.7 Å². The van der Waals surface area contributed by atoms with Crippen molar-refractivity contribution in [2.24, 2.45) is 0 Å². The molecule has 0 saturated heterocycles. The summed E-state index contributed by atoms with van der Waals surface area (Å²) in [4.78, 5) is 13.9. The first-order valence-corrected chi connectivity index (χ1v) is 7.08. The number of anilines is 1. The molecule has 20 heavy (non-hydrogen) atoms. The highest BCUT2D eigenvalue weighted by Crippen LogP contribution is 2.15. The van der Waals surface area contributed by atoms with Crippen molar-refractivity contribution in [3.8, 4) is 6.07 Å². The molecule has 1 amide bonds. The highest BCUT2D eigenvalue weighted by atomic mass is 79.9. The summed E-state index contributed by atoms with van der Waals surface area (Å²) in [6, 6.07) is 9.51. The molecule has 1 aromatic carbocycles. The maximum Gasteiger partial charge on any atom is 0.238 e. The first-order valence-electron chi connectivity index (χ1n) is 6.29. The van der Waals surface area contributed by atoms with E-state index >= 15 is 0 Å². The van der Waals surface area contributed by atoms with Gasteiger partial charge in [0.1, 0.15) is 0 Å². The third-order valence-corrected chi connectivity index (χ3v) is 3.12. The van der Waals surface area contributed by atoms with Crippen LogP contribution in [-0.4, -0.2) is 44.2 Å². The Morgan fingerprint density at radius 1 is 1.50 bits per heavy atom. The van der Waals surface area contributed by atoms with Crippen LogP contribution < -0.4 is 5.32 Å². The zero-order valence-corrected chi connectivity index (χ0v) is 13.0. The van der Waals surface area contributed by atoms with Crippen molar-refractivity contribution < 1.29 is 9.53 Å². The number of nitrogens with one attached hydrogen (secondary N) is 1. The Hall–Kier alpha value is -1.42. The second-order valence-electron chi connectivity index (χ2n) is 4.24. The maximum absolute atomic E-state index is 12.0. The molecule has 0 bridgehead atoms. The van der Waals surface area contributed by atoms with E-state index in [1.54, 1.807) is 7.11 Å². The molecule has 0 spiro atoms. The number of methoxy groups -OCH3 is 1. The zero-order chi connectivity index (χ0) is 14.8. The van der Waals surface area contributed by atoms with Crippen LogP contribution in [0.2, 0.25) is 0 Å². The van der Waals surface area contributed by atoms with E-state index < -0.39 is 0 Å². The highest BCUT2D eigenvalue weighted by molar-refractivity contribution is 9.10. The van der Waals surface area contributed by atoms with Crippen LogP contribution in [0.3, 0.4) is 0 Å². The van der Waals surface area contributed by atoms with Gasteiger partial charge in [-0.2, -0.15) is 5.26 Å². The molecule has 6 heteroatoms. The number of ether oxygens (including phenoxy) is 1. The molecule has 0 aliphatic heterocycles. The maximum atomic E-state index is 12.0. The van der Waals surface area contributed by atoms with Crippen molar-refractivity contribution in [1.29, 1.82) is 5.26 Å². The third-order valence-electron chi connectivity index (χ3n) is 2.63. The normalized spacial score (nSPS) is 10.3. The van der Waals surface area contributed by atoms with Crippen LogP contribution >= 0.6 is 15.9 Å². The van der Waals surface area contributed by atoms with Gasteiger partial charge in [-0.15, -0.1) is 0 Å². The third kappa shape index (κ3) is 6.66. The molecule has 0 heterocycles. The second kappa shape index (κ2) is 9.48. The molecular weight excluding hydrogens is 322 g/mol. The quantitative estimate of drug-likeness (QED) is 0.788. The van der Waals surface area contributed by atoms with Gasteiger partial charge in [0.2, 0.25) is 5.91 Å². The fourth-order valence-corrected chi connectivity index (χ4v) is 2.07. The zero-order valence-electron chi connectivity index (χ0n) is 11.4. The standard InChI is InChI=1S/C14H18BrN3O2/c1-20-9-8-18(7-3-6-16)11-14(19)17-13-5-2-4-12(15)10-13/h2,4-5,10H,3,7-9,11H2,1H3,(H,17,19). The van der Waals surface area contributed by atoms with Gasteiger partial charge in [0.05, 0.1) is 19.2 Å². The largest absolute Gasteiger partial charge is 0.383 e. The van der Waals surface area contributed by atoms with Gasteiger partial charge in [0.15, 0.2) is 0 Å². The predicted octanol–water partition coefficient (Wildman–Crippen LogP) is 2.25. The number of rotatable bonds is 8. The van der Waals surface area contributed by atoms with Gasteiger partial charge in [-0.1, -0.05) is 22.0 Å². The van der Waals surface area contributed by atoms with Gasteiger partial charge in [-0.3, -0.25) is 9.69 Å². The minimum Gasteiger partial charge on any atom is -0.383 e. The molecule has 0 unspecified atom stereocenters. The van der Waals surface area contributed by atoms with Crippen LogP contribution in [0, 0.1) is 11.3 Å². The lowest BCUT2D eigenvalue weighted by Gasteiger charge is -2.20. The molecule has 1 N–H and O–H groups in total. The summed E-state index contributed by atoms with van der Waals surface area (Å²) in [7, 11) is 1.62. The molecule has 108 valence electrons. The molecule has 0 aromatic heterocycles. The van der Waals surface area contributed by atoms with E-state index in [4.69, 9.17) is 10.00 Å². The first-order chi connectivity index (χ1) is 9.65. The Morgan fingerprint density at radius 2 is 2.30 bits per heavy atom. The Kier molecular flexibility index (Phi) is 7.88. The number of amides is 1. The Labute approximate surface area is 127 Å². The second-order valence-corrected chi connectivity index (χ2v) is 5.15. The molecule has 0 aliphatic carbocycles. The van der Waals surface area contributed by atoms with Crippen LogP contribution in [0.4, 0.5) is 5.69 Å². The molecule has 0 radical (unpaired) electrons. The fraction of sp³-hybridized carbons (Fsp3) is 0.429. The average molecular weight is 340 g/mol. The highest BCUT2D eigenvalue weighted by Gasteiger charge is 2.10. The van der Waals surface area contributed by atoms with E-state index in [-0.39, 0.29) is 12.5 Å². The number of benzene rings is 1. The molecule has 1 aromatic rings. The SMILES string of the molecule is COCCN(CCC#N)CC(=O)Nc1cccc(Br)c1. The molecule has 0 fully saturated rings. The van der Waals surface area contributed by atoms with Gasteiger partial charge in [-0.25, -0.2) is 0 Å². The minimum absolute atomic E-state index is 0.0999. The van der Waals surface area contributed by atoms with E-state index in [0.29, 0.717) is 26.1 Å². The lowest BCUT2D eigenvalue weighted by molar-refractivity contribution is -0.117. The van der Waals surface area contributed by atoms with E-state index in [9.17, 15) is 4.79 Å². The Balaban J connectivity index is 2.50. The van der Waals surface area contributed by atoms with Gasteiger partial charge in [0, 0.05) is 36.8 Å². The first kappa shape index (κ1) is 16.6. The van der Waals surface area contributed by atoms with Crippen LogP contribution in [0.25, 0.3) is 0 Å². The summed E-state index contributed by atoms with van der Waals surface area (Å²) in [5.41, 5.74) is 0.747. The van der Waals surface area contributed by atoms with Crippen molar-refractivity contribution in [3.63, 3.8) is 0 Å². The number of carbonyl (C=O) groups excluding carboxylic acids is 1. The summed E-state index contributed by atoms with van der Waals surface area (Å²) in [5.74, 6) is -0.0999. The number of nitrogens with zero attached hydrogens (tertiary/aromatic N) is 2. The fourth-order valence-electron chi connectivity index (χ4n) is 1.67. The summed E-state index contributed by atoms with van der Waals surface area (Å²) < 4.78 is 5.92. The van der Waals surface area contributed by atoms with E-state index in [2.05, 4.69) is 27.3 Å². The van der Waals surface area contributed by atoms with Crippen molar-refractivity contribution in [2.45, 2.75) is 6.42 Å². The number of hydrogen-bond donors (Lipinski definition) is 1. The van der Waals surface area contributed by atoms with Crippen LogP contribution in [0.5, 0.6) is 0 Å². The van der Waals surface area contributed by atoms with Gasteiger partial charge in [0.25, 0.3) is 0 Å². The summed E-state index contributed by atoms with van der Waals surface area (Å²) >= 11 is 3.36. The molecule has 1 rings (SSSR count). The Morgan fingerprint density at radius 3 is 2.95 bits per heavy atom. The molecule has 0 saturated carbocycles. The topological polar surface area (TPSA) is 65.4 Å². The van der Waals surface area contributed by atoms with Crippen molar-refractivity contribution in [1.82, 2.24) is 4.90 Å². The van der Waals surface area contributed by atoms with Crippen LogP contribution in [0.1, 0.15) is 6.42 Å². The molecular formula is C14H18BrN3O2. The van der Waals surface area contributed by atoms with Crippen molar-refractivity contribution >= 4 is 27.5 Å². The molecule has 5 nitrogen and oxygen atoms in total. The van der Waals surface area contributed by atoms with E-state index in [1.807, 2.05) is 29.2 Å². The van der Waals surface area contributed by atoms with E-state index in [0.717, 1.165) is 10.2 Å². The smallest absolute Gasteiger partial charge is 0.238 e. The lowest BCUT2D eigenvalue weighted by Crippen LogP contribution is -2.36. The minimum atomic E-state index is -0.0999. The van der Waals surface area contributed by atoms with E-state index in [1.165, 1.54) is 0 Å². The Bertz CT molecular complexity index is 474. The number of carbonyl (C=O) groups is 1. The number of nitriles is 1. The van der Waals surface area contributed by atoms with Gasteiger partial charge >= 0.3 is 0 Å². The van der Waals surface area contributed by atoms with Gasteiger partial charge < -0.3 is 10.1 Å². The average Bonchev–Trinajstić information content (AvgIpc) is 2.41. The van der Waals surface area contributed by atoms with Gasteiger partial charge in [-0.05, 0) is 18.2 Å². The molecule has 0 atom stereocenters. The monoisotopic (exact) mass is 339 g/mol. The van der Waals surface area contributed by atoms with Crippen molar-refractivity contribution in [3.05, 3.63) is 28.7 Å². The lowest BCUT2D eigenvalue weighted by atomic mass is 10.3. The number of halogens is 1. The predicted molar refractivity (Wildman–Crippen MR) is 81.3 cm³/mol. The number of hydrogen-bond acceptors (Lipinski definition) is 4.